The first kappa shape index (κ1) is 14.7. The summed E-state index contributed by atoms with van der Waals surface area (Å²) in [5, 5.41) is 4.47. The lowest BCUT2D eigenvalue weighted by Crippen LogP contribution is -2.37. The molecule has 0 aliphatic heterocycles. The van der Waals surface area contributed by atoms with E-state index in [4.69, 9.17) is 5.84 Å². The first-order valence-electron chi connectivity index (χ1n) is 7.10. The van der Waals surface area contributed by atoms with E-state index in [2.05, 4.69) is 28.5 Å². The van der Waals surface area contributed by atoms with Gasteiger partial charge in [-0.15, -0.1) is 0 Å². The van der Waals surface area contributed by atoms with Gasteiger partial charge in [-0.05, 0) is 37.5 Å². The number of nitrogens with zero attached hydrogens (tertiary/aromatic N) is 3. The molecule has 2 aromatic rings. The van der Waals surface area contributed by atoms with Crippen molar-refractivity contribution in [3.8, 4) is 0 Å². The van der Waals surface area contributed by atoms with E-state index in [-0.39, 0.29) is 6.04 Å². The molecule has 0 aliphatic rings. The third kappa shape index (κ3) is 3.88. The maximum absolute atomic E-state index is 5.67. The average Bonchev–Trinajstić information content (AvgIpc) is 2.84. The van der Waals surface area contributed by atoms with Crippen molar-refractivity contribution in [2.45, 2.75) is 38.6 Å². The molecule has 0 fully saturated rings. The second-order valence-corrected chi connectivity index (χ2v) is 5.03. The van der Waals surface area contributed by atoms with Crippen LogP contribution in [0, 0.1) is 0 Å². The fourth-order valence-corrected chi connectivity index (χ4v) is 2.30. The molecule has 2 heterocycles. The van der Waals surface area contributed by atoms with Crippen molar-refractivity contribution in [2.24, 2.45) is 12.9 Å². The lowest BCUT2D eigenvalue weighted by Gasteiger charge is -2.15. The summed E-state index contributed by atoms with van der Waals surface area (Å²) in [5.74, 6) is 5.67. The van der Waals surface area contributed by atoms with Gasteiger partial charge in [0, 0.05) is 37.1 Å². The minimum Gasteiger partial charge on any atom is -0.272 e. The van der Waals surface area contributed by atoms with E-state index in [9.17, 15) is 0 Å². The molecule has 108 valence electrons. The van der Waals surface area contributed by atoms with Gasteiger partial charge in [-0.3, -0.25) is 20.9 Å². The quantitative estimate of drug-likeness (QED) is 0.591. The summed E-state index contributed by atoms with van der Waals surface area (Å²) >= 11 is 0. The van der Waals surface area contributed by atoms with Gasteiger partial charge < -0.3 is 0 Å². The number of nitrogens with one attached hydrogen (secondary N) is 1. The number of pyridine rings is 1. The summed E-state index contributed by atoms with van der Waals surface area (Å²) in [4.78, 5) is 4.34. The largest absolute Gasteiger partial charge is 0.272 e. The van der Waals surface area contributed by atoms with Crippen LogP contribution in [0.5, 0.6) is 0 Å². The summed E-state index contributed by atoms with van der Waals surface area (Å²) in [6.07, 6.45) is 5.55. The van der Waals surface area contributed by atoms with Crippen molar-refractivity contribution >= 4 is 0 Å². The summed E-state index contributed by atoms with van der Waals surface area (Å²) < 4.78 is 1.95. The molecule has 20 heavy (non-hydrogen) atoms. The second-order valence-electron chi connectivity index (χ2n) is 5.03. The van der Waals surface area contributed by atoms with Gasteiger partial charge in [0.25, 0.3) is 0 Å². The van der Waals surface area contributed by atoms with Crippen molar-refractivity contribution < 1.29 is 0 Å². The molecule has 1 unspecified atom stereocenters. The summed E-state index contributed by atoms with van der Waals surface area (Å²) in [6, 6.07) is 8.39. The van der Waals surface area contributed by atoms with Crippen molar-refractivity contribution in [2.75, 3.05) is 0 Å². The summed E-state index contributed by atoms with van der Waals surface area (Å²) in [6.45, 7) is 2.12. The number of nitrogens with two attached hydrogens (primary N) is 1. The summed E-state index contributed by atoms with van der Waals surface area (Å²) in [5.41, 5.74) is 6.35. The van der Waals surface area contributed by atoms with Gasteiger partial charge in [0.05, 0.1) is 5.69 Å². The van der Waals surface area contributed by atoms with E-state index in [1.54, 1.807) is 0 Å². The average molecular weight is 273 g/mol. The van der Waals surface area contributed by atoms with Gasteiger partial charge in [0.2, 0.25) is 0 Å². The highest BCUT2D eigenvalue weighted by molar-refractivity contribution is 5.12. The van der Waals surface area contributed by atoms with Crippen LogP contribution < -0.4 is 11.3 Å². The van der Waals surface area contributed by atoms with Gasteiger partial charge >= 0.3 is 0 Å². The Morgan fingerprint density at radius 3 is 2.80 bits per heavy atom. The molecule has 0 saturated carbocycles. The fraction of sp³-hybridized carbons (Fsp3) is 0.467. The minimum absolute atomic E-state index is 0.233. The first-order chi connectivity index (χ1) is 9.72. The molecule has 0 radical (unpaired) electrons. The molecule has 0 aromatic carbocycles. The van der Waals surface area contributed by atoms with Crippen LogP contribution in [0.1, 0.15) is 30.4 Å². The SMILES string of the molecule is CCc1cc(CC(CCc2ccccn2)NN)n(C)n1. The molecular formula is C15H23N5. The highest BCUT2D eigenvalue weighted by atomic mass is 15.3. The molecule has 2 rings (SSSR count). The van der Waals surface area contributed by atoms with Crippen molar-refractivity contribution in [3.05, 3.63) is 47.5 Å². The number of rotatable bonds is 7. The fourth-order valence-electron chi connectivity index (χ4n) is 2.30. The lowest BCUT2D eigenvalue weighted by molar-refractivity contribution is 0.475. The molecule has 1 atom stereocenters. The molecule has 3 N–H and O–H groups in total. The van der Waals surface area contributed by atoms with Gasteiger partial charge in [-0.25, -0.2) is 0 Å². The maximum atomic E-state index is 5.67. The predicted molar refractivity (Wildman–Crippen MR) is 80.0 cm³/mol. The molecule has 5 heteroatoms. The summed E-state index contributed by atoms with van der Waals surface area (Å²) in [7, 11) is 1.99. The van der Waals surface area contributed by atoms with Crippen LogP contribution in [-0.4, -0.2) is 20.8 Å². The number of hydrazine groups is 1. The Kier molecular flexibility index (Phi) is 5.26. The molecule has 0 spiro atoms. The molecule has 2 aromatic heterocycles. The van der Waals surface area contributed by atoms with Crippen LogP contribution in [0.4, 0.5) is 0 Å². The van der Waals surface area contributed by atoms with Crippen LogP contribution in [-0.2, 0) is 26.3 Å². The smallest absolute Gasteiger partial charge is 0.0624 e. The van der Waals surface area contributed by atoms with Crippen LogP contribution in [0.2, 0.25) is 0 Å². The van der Waals surface area contributed by atoms with Crippen LogP contribution in [0.25, 0.3) is 0 Å². The van der Waals surface area contributed by atoms with E-state index in [0.717, 1.165) is 37.1 Å². The third-order valence-electron chi connectivity index (χ3n) is 3.56. The minimum atomic E-state index is 0.233. The van der Waals surface area contributed by atoms with E-state index in [1.165, 1.54) is 5.69 Å². The topological polar surface area (TPSA) is 68.8 Å². The molecule has 0 saturated heterocycles. The molecule has 0 aliphatic carbocycles. The Hall–Kier alpha value is -1.72. The molecule has 0 bridgehead atoms. The van der Waals surface area contributed by atoms with Crippen LogP contribution in [0.15, 0.2) is 30.5 Å². The number of aromatic nitrogens is 3. The predicted octanol–water partition coefficient (Wildman–Crippen LogP) is 1.38. The second kappa shape index (κ2) is 7.17. The zero-order chi connectivity index (χ0) is 14.4. The van der Waals surface area contributed by atoms with Crippen molar-refractivity contribution in [1.29, 1.82) is 0 Å². The standard InChI is InChI=1S/C15H23N5/c1-3-12-10-15(20(2)19-12)11-14(18-16)8-7-13-6-4-5-9-17-13/h4-6,9-10,14,18H,3,7-8,11,16H2,1-2H3. The van der Waals surface area contributed by atoms with Crippen LogP contribution in [0.3, 0.4) is 0 Å². The maximum Gasteiger partial charge on any atom is 0.0624 e. The number of hydrogen-bond acceptors (Lipinski definition) is 4. The van der Waals surface area contributed by atoms with Gasteiger partial charge in [-0.2, -0.15) is 5.10 Å². The zero-order valence-electron chi connectivity index (χ0n) is 12.2. The first-order valence-corrected chi connectivity index (χ1v) is 7.10. The van der Waals surface area contributed by atoms with Gasteiger partial charge in [-0.1, -0.05) is 13.0 Å². The van der Waals surface area contributed by atoms with E-state index >= 15 is 0 Å². The molecule has 0 amide bonds. The van der Waals surface area contributed by atoms with Crippen molar-refractivity contribution in [3.63, 3.8) is 0 Å². The molecule has 5 nitrogen and oxygen atoms in total. The van der Waals surface area contributed by atoms with E-state index in [0.29, 0.717) is 0 Å². The van der Waals surface area contributed by atoms with E-state index < -0.39 is 0 Å². The molecular weight excluding hydrogens is 250 g/mol. The van der Waals surface area contributed by atoms with Gasteiger partial charge in [0.15, 0.2) is 0 Å². The normalized spacial score (nSPS) is 12.6. The Balaban J connectivity index is 1.93. The highest BCUT2D eigenvalue weighted by Crippen LogP contribution is 2.10. The monoisotopic (exact) mass is 273 g/mol. The number of aryl methyl sites for hydroxylation is 3. The number of hydrogen-bond donors (Lipinski definition) is 2. The highest BCUT2D eigenvalue weighted by Gasteiger charge is 2.12. The Bertz CT molecular complexity index is 520. The van der Waals surface area contributed by atoms with Crippen LogP contribution >= 0.6 is 0 Å². The Labute approximate surface area is 120 Å². The Morgan fingerprint density at radius 2 is 2.20 bits per heavy atom. The van der Waals surface area contributed by atoms with Gasteiger partial charge in [0.1, 0.15) is 0 Å². The van der Waals surface area contributed by atoms with E-state index in [1.807, 2.05) is 36.1 Å². The van der Waals surface area contributed by atoms with Crippen molar-refractivity contribution in [1.82, 2.24) is 20.2 Å². The Morgan fingerprint density at radius 1 is 1.35 bits per heavy atom. The third-order valence-corrected chi connectivity index (χ3v) is 3.56. The zero-order valence-corrected chi connectivity index (χ0v) is 12.2. The lowest BCUT2D eigenvalue weighted by atomic mass is 10.0.